The van der Waals surface area contributed by atoms with Gasteiger partial charge in [0, 0.05) is 24.7 Å². The first-order valence-electron chi connectivity index (χ1n) is 10.1. The molecule has 3 rings (SSSR count). The summed E-state index contributed by atoms with van der Waals surface area (Å²) in [7, 11) is -2.67. The third-order valence-corrected chi connectivity index (χ3v) is 6.86. The van der Waals surface area contributed by atoms with Crippen molar-refractivity contribution in [1.29, 1.82) is 0 Å². The number of carboxylic acid groups (broad SMARTS) is 2. The number of amides is 1. The van der Waals surface area contributed by atoms with Crippen LogP contribution < -0.4 is 16.6 Å². The molecule has 0 radical (unpaired) electrons. The van der Waals surface area contributed by atoms with E-state index in [-0.39, 0.29) is 40.4 Å². The van der Waals surface area contributed by atoms with E-state index in [4.69, 9.17) is 15.9 Å². The molecule has 0 saturated heterocycles. The van der Waals surface area contributed by atoms with E-state index in [0.29, 0.717) is 5.69 Å². The molecule has 14 nitrogen and oxygen atoms in total. The van der Waals surface area contributed by atoms with Crippen LogP contribution in [0.4, 0.5) is 5.95 Å². The molecule has 0 bridgehead atoms. The second kappa shape index (κ2) is 9.94. The minimum Gasteiger partial charge on any atom is -0.481 e. The van der Waals surface area contributed by atoms with Gasteiger partial charge in [-0.15, -0.1) is 0 Å². The fourth-order valence-electron chi connectivity index (χ4n) is 3.23. The van der Waals surface area contributed by atoms with Crippen molar-refractivity contribution in [1.82, 2.24) is 24.6 Å². The van der Waals surface area contributed by atoms with Crippen molar-refractivity contribution in [2.75, 3.05) is 12.8 Å². The molecule has 0 fully saturated rings. The summed E-state index contributed by atoms with van der Waals surface area (Å²) >= 11 is 0. The van der Waals surface area contributed by atoms with E-state index in [2.05, 4.69) is 20.3 Å². The lowest BCUT2D eigenvalue weighted by Gasteiger charge is -2.17. The summed E-state index contributed by atoms with van der Waals surface area (Å²) in [5.74, 6) is -3.48. The van der Waals surface area contributed by atoms with E-state index in [0.717, 1.165) is 4.31 Å². The molecule has 0 unspecified atom stereocenters. The predicted octanol–water partition coefficient (Wildman–Crippen LogP) is -0.298. The van der Waals surface area contributed by atoms with Gasteiger partial charge in [0.05, 0.1) is 16.8 Å². The van der Waals surface area contributed by atoms with Gasteiger partial charge in [0.25, 0.3) is 11.5 Å². The molecule has 7 N–H and O–H groups in total. The van der Waals surface area contributed by atoms with Gasteiger partial charge in [-0.1, -0.05) is 0 Å². The van der Waals surface area contributed by atoms with Crippen molar-refractivity contribution in [3.8, 4) is 0 Å². The summed E-state index contributed by atoms with van der Waals surface area (Å²) in [6.07, 6.45) is -0.760. The van der Waals surface area contributed by atoms with Gasteiger partial charge in [0.1, 0.15) is 11.7 Å². The van der Waals surface area contributed by atoms with Gasteiger partial charge in [-0.2, -0.15) is 9.29 Å². The Kier molecular flexibility index (Phi) is 7.21. The molecular formula is C20H22N6O8S. The molecule has 35 heavy (non-hydrogen) atoms. The number of hydrogen-bond donors (Lipinski definition) is 6. The molecule has 1 atom stereocenters. The van der Waals surface area contributed by atoms with Crippen LogP contribution >= 0.6 is 0 Å². The maximum atomic E-state index is 12.9. The number of fused-ring (bicyclic) bond motifs is 1. The molecule has 1 amide bonds. The number of carboxylic acids is 2. The third-order valence-electron chi connectivity index (χ3n) is 5.04. The highest BCUT2D eigenvalue weighted by Crippen LogP contribution is 2.19. The number of nitrogens with two attached hydrogens (primary N) is 1. The van der Waals surface area contributed by atoms with E-state index in [9.17, 15) is 27.6 Å². The highest BCUT2D eigenvalue weighted by atomic mass is 32.2. The van der Waals surface area contributed by atoms with E-state index in [1.54, 1.807) is 0 Å². The van der Waals surface area contributed by atoms with Gasteiger partial charge in [0.15, 0.2) is 0 Å². The lowest BCUT2D eigenvalue weighted by Crippen LogP contribution is -2.41. The highest BCUT2D eigenvalue weighted by Gasteiger charge is 2.24. The first-order valence-corrected chi connectivity index (χ1v) is 11.5. The minimum atomic E-state index is -4.00. The first kappa shape index (κ1) is 25.4. The zero-order valence-electron chi connectivity index (χ0n) is 18.3. The van der Waals surface area contributed by atoms with Crippen LogP contribution in [0.15, 0.2) is 40.0 Å². The van der Waals surface area contributed by atoms with Crippen LogP contribution in [0.5, 0.6) is 0 Å². The summed E-state index contributed by atoms with van der Waals surface area (Å²) in [6.45, 7) is -0.121. The Morgan fingerprint density at radius 2 is 1.83 bits per heavy atom. The maximum absolute atomic E-state index is 12.9. The Balaban J connectivity index is 1.73. The Bertz CT molecular complexity index is 1440. The zero-order valence-corrected chi connectivity index (χ0v) is 19.1. The van der Waals surface area contributed by atoms with Crippen LogP contribution in [0.1, 0.15) is 28.9 Å². The molecule has 0 aliphatic rings. The summed E-state index contributed by atoms with van der Waals surface area (Å²) in [4.78, 5) is 55.2. The van der Waals surface area contributed by atoms with Crippen molar-refractivity contribution >= 4 is 44.9 Å². The lowest BCUT2D eigenvalue weighted by molar-refractivity contribution is -0.140. The Morgan fingerprint density at radius 3 is 2.43 bits per heavy atom. The number of H-pyrrole nitrogens is 2. The number of anilines is 1. The second-order valence-corrected chi connectivity index (χ2v) is 9.64. The van der Waals surface area contributed by atoms with Crippen LogP contribution in [-0.4, -0.2) is 68.8 Å². The molecule has 2 aromatic heterocycles. The number of nitrogen functional groups attached to an aromatic ring is 1. The SMILES string of the molecule is CN(Cc1cc2c(=O)[nH]c(N)nc2[nH]1)S(=O)(=O)c1ccc(C(=O)N[C@@H](CCC(=O)O)C(=O)O)cc1. The summed E-state index contributed by atoms with van der Waals surface area (Å²) < 4.78 is 26.9. The molecule has 0 spiro atoms. The minimum absolute atomic E-state index is 0.00770. The molecular weight excluding hydrogens is 484 g/mol. The van der Waals surface area contributed by atoms with E-state index in [1.165, 1.54) is 37.4 Å². The highest BCUT2D eigenvalue weighted by molar-refractivity contribution is 7.89. The van der Waals surface area contributed by atoms with Crippen LogP contribution in [0.2, 0.25) is 0 Å². The fraction of sp³-hybridized carbons (Fsp3) is 0.250. The average molecular weight is 506 g/mol. The molecule has 186 valence electrons. The largest absolute Gasteiger partial charge is 0.481 e. The molecule has 0 aliphatic heterocycles. The van der Waals surface area contributed by atoms with Gasteiger partial charge in [0.2, 0.25) is 16.0 Å². The number of sulfonamides is 1. The number of rotatable bonds is 10. The van der Waals surface area contributed by atoms with Crippen LogP contribution in [0, 0.1) is 0 Å². The molecule has 3 aromatic rings. The van der Waals surface area contributed by atoms with Gasteiger partial charge in [-0.05, 0) is 36.8 Å². The normalized spacial score (nSPS) is 12.5. The molecule has 1 aromatic carbocycles. The quantitative estimate of drug-likeness (QED) is 0.210. The van der Waals surface area contributed by atoms with Crippen molar-refractivity contribution < 1.29 is 33.0 Å². The number of nitrogens with zero attached hydrogens (tertiary/aromatic N) is 2. The Hall–Kier alpha value is -4.24. The average Bonchev–Trinajstić information content (AvgIpc) is 3.18. The van der Waals surface area contributed by atoms with E-state index < -0.39 is 45.9 Å². The monoisotopic (exact) mass is 506 g/mol. The number of carbonyl (C=O) groups is 3. The Morgan fingerprint density at radius 1 is 1.17 bits per heavy atom. The van der Waals surface area contributed by atoms with E-state index >= 15 is 0 Å². The van der Waals surface area contributed by atoms with Crippen molar-refractivity contribution in [3.05, 3.63) is 51.9 Å². The third kappa shape index (κ3) is 5.82. The van der Waals surface area contributed by atoms with E-state index in [1.807, 2.05) is 0 Å². The zero-order chi connectivity index (χ0) is 25.9. The number of aromatic nitrogens is 3. The van der Waals surface area contributed by atoms with Gasteiger partial charge in [-0.25, -0.2) is 13.2 Å². The number of aliphatic carboxylic acids is 2. The number of hydrogen-bond acceptors (Lipinski definition) is 8. The smallest absolute Gasteiger partial charge is 0.326 e. The molecule has 15 heteroatoms. The van der Waals surface area contributed by atoms with Crippen molar-refractivity contribution in [2.45, 2.75) is 30.3 Å². The van der Waals surface area contributed by atoms with Crippen LogP contribution in [0.3, 0.4) is 0 Å². The standard InChI is InChI=1S/C20H22N6O8S/c1-26(9-11-8-13-16(22-11)24-20(21)25-18(13)30)35(33,34)12-4-2-10(3-5-12)17(29)23-14(19(31)32)6-7-15(27)28/h2-5,8,14H,6-7,9H2,1H3,(H,23,29)(H,27,28)(H,31,32)(H4,21,22,24,25,30)/t14-/m0/s1. The van der Waals surface area contributed by atoms with Crippen LogP contribution in [0.25, 0.3) is 11.0 Å². The number of benzene rings is 1. The number of nitrogens with one attached hydrogen (secondary N) is 3. The van der Waals surface area contributed by atoms with Gasteiger partial charge in [-0.3, -0.25) is 19.4 Å². The van der Waals surface area contributed by atoms with Crippen molar-refractivity contribution in [2.24, 2.45) is 0 Å². The fourth-order valence-corrected chi connectivity index (χ4v) is 4.38. The molecule has 2 heterocycles. The van der Waals surface area contributed by atoms with Gasteiger partial charge < -0.3 is 26.2 Å². The maximum Gasteiger partial charge on any atom is 0.326 e. The van der Waals surface area contributed by atoms with Crippen molar-refractivity contribution in [3.63, 3.8) is 0 Å². The number of carbonyl (C=O) groups excluding carboxylic acids is 1. The summed E-state index contributed by atoms with van der Waals surface area (Å²) in [5.41, 5.74) is 5.64. The Labute approximate surface area is 197 Å². The molecule has 0 aliphatic carbocycles. The molecule has 0 saturated carbocycles. The van der Waals surface area contributed by atoms with Crippen LogP contribution in [-0.2, 0) is 26.2 Å². The topological polar surface area (TPSA) is 229 Å². The summed E-state index contributed by atoms with van der Waals surface area (Å²) in [5, 5.41) is 20.3. The predicted molar refractivity (Wildman–Crippen MR) is 122 cm³/mol. The second-order valence-electron chi connectivity index (χ2n) is 7.59. The first-order chi connectivity index (χ1) is 16.4. The lowest BCUT2D eigenvalue weighted by atomic mass is 10.1. The summed E-state index contributed by atoms with van der Waals surface area (Å²) in [6, 6.07) is 4.84. The number of aromatic amines is 2. The van der Waals surface area contributed by atoms with Gasteiger partial charge >= 0.3 is 11.9 Å².